The number of nitrogens with two attached hydrogens (primary N) is 1. The van der Waals surface area contributed by atoms with Crippen LogP contribution in [0.4, 0.5) is 11.8 Å². The van der Waals surface area contributed by atoms with Gasteiger partial charge in [0.25, 0.3) is 5.91 Å². The van der Waals surface area contributed by atoms with Gasteiger partial charge in [-0.25, -0.2) is 4.98 Å². The van der Waals surface area contributed by atoms with Crippen molar-refractivity contribution in [2.24, 2.45) is 11.1 Å². The van der Waals surface area contributed by atoms with Gasteiger partial charge >= 0.3 is 0 Å². The molecule has 0 radical (unpaired) electrons. The van der Waals surface area contributed by atoms with E-state index in [4.69, 9.17) is 5.73 Å². The Labute approximate surface area is 137 Å². The van der Waals surface area contributed by atoms with Gasteiger partial charge in [-0.2, -0.15) is 4.98 Å². The van der Waals surface area contributed by atoms with Crippen molar-refractivity contribution in [1.82, 2.24) is 9.97 Å². The molecule has 0 atom stereocenters. The lowest BCUT2D eigenvalue weighted by atomic mass is 9.93. The second-order valence-electron chi connectivity index (χ2n) is 7.38. The fourth-order valence-corrected chi connectivity index (χ4v) is 2.52. The van der Waals surface area contributed by atoms with E-state index in [1.54, 1.807) is 0 Å². The molecule has 1 aromatic rings. The SMILES string of the molecule is CC(C)(C)CNc1nc(NC2CCC(O)CC2)ncc1C(N)=O. The minimum atomic E-state index is -0.547. The molecule has 1 aliphatic rings. The molecule has 1 fully saturated rings. The number of hydrogen-bond acceptors (Lipinski definition) is 6. The molecule has 1 aromatic heterocycles. The molecular formula is C16H27N5O2. The summed E-state index contributed by atoms with van der Waals surface area (Å²) in [6, 6.07) is 0.244. The zero-order valence-electron chi connectivity index (χ0n) is 14.1. The molecular weight excluding hydrogens is 294 g/mol. The van der Waals surface area contributed by atoms with Crippen molar-refractivity contribution in [1.29, 1.82) is 0 Å². The van der Waals surface area contributed by atoms with E-state index >= 15 is 0 Å². The van der Waals surface area contributed by atoms with Crippen LogP contribution in [0.1, 0.15) is 56.8 Å². The van der Waals surface area contributed by atoms with Gasteiger partial charge in [-0.3, -0.25) is 4.79 Å². The average molecular weight is 321 g/mol. The van der Waals surface area contributed by atoms with Crippen LogP contribution < -0.4 is 16.4 Å². The van der Waals surface area contributed by atoms with Crippen molar-refractivity contribution in [3.8, 4) is 0 Å². The van der Waals surface area contributed by atoms with E-state index in [9.17, 15) is 9.90 Å². The van der Waals surface area contributed by atoms with Gasteiger partial charge in [0.05, 0.1) is 11.7 Å². The third-order valence-corrected chi connectivity index (χ3v) is 3.87. The number of amides is 1. The van der Waals surface area contributed by atoms with Crippen LogP contribution >= 0.6 is 0 Å². The number of hydrogen-bond donors (Lipinski definition) is 4. The van der Waals surface area contributed by atoms with Crippen LogP contribution in [-0.4, -0.2) is 39.7 Å². The van der Waals surface area contributed by atoms with Crippen LogP contribution in [0.2, 0.25) is 0 Å². The number of aliphatic hydroxyl groups is 1. The lowest BCUT2D eigenvalue weighted by molar-refractivity contribution is 0.1000. The van der Waals surface area contributed by atoms with E-state index in [0.717, 1.165) is 25.7 Å². The third-order valence-electron chi connectivity index (χ3n) is 3.87. The summed E-state index contributed by atoms with van der Waals surface area (Å²) in [7, 11) is 0. The van der Waals surface area contributed by atoms with Gasteiger partial charge < -0.3 is 21.5 Å². The second kappa shape index (κ2) is 7.12. The lowest BCUT2D eigenvalue weighted by Gasteiger charge is -2.26. The summed E-state index contributed by atoms with van der Waals surface area (Å²) in [5.74, 6) is 0.391. The predicted molar refractivity (Wildman–Crippen MR) is 90.4 cm³/mol. The molecule has 0 aromatic carbocycles. The first kappa shape index (κ1) is 17.5. The van der Waals surface area contributed by atoms with Crippen LogP contribution in [0, 0.1) is 5.41 Å². The van der Waals surface area contributed by atoms with Crippen molar-refractivity contribution in [2.45, 2.75) is 58.6 Å². The number of aliphatic hydroxyl groups excluding tert-OH is 1. The van der Waals surface area contributed by atoms with Crippen molar-refractivity contribution in [3.63, 3.8) is 0 Å². The normalized spacial score (nSPS) is 21.7. The quantitative estimate of drug-likeness (QED) is 0.657. The van der Waals surface area contributed by atoms with E-state index in [-0.39, 0.29) is 17.6 Å². The van der Waals surface area contributed by atoms with E-state index in [0.29, 0.717) is 23.9 Å². The summed E-state index contributed by atoms with van der Waals surface area (Å²) >= 11 is 0. The number of carbonyl (C=O) groups excluding carboxylic acids is 1. The number of primary amides is 1. The van der Waals surface area contributed by atoms with Gasteiger partial charge in [0.2, 0.25) is 5.95 Å². The Hall–Kier alpha value is -1.89. The smallest absolute Gasteiger partial charge is 0.254 e. The summed E-state index contributed by atoms with van der Waals surface area (Å²) in [6.07, 6.45) is 4.59. The van der Waals surface area contributed by atoms with Crippen molar-refractivity contribution in [2.75, 3.05) is 17.2 Å². The summed E-state index contributed by atoms with van der Waals surface area (Å²) in [6.45, 7) is 6.95. The van der Waals surface area contributed by atoms with Crippen molar-refractivity contribution < 1.29 is 9.90 Å². The molecule has 0 aliphatic heterocycles. The van der Waals surface area contributed by atoms with Gasteiger partial charge in [-0.05, 0) is 31.1 Å². The zero-order chi connectivity index (χ0) is 17.0. The highest BCUT2D eigenvalue weighted by atomic mass is 16.3. The third kappa shape index (κ3) is 5.35. The molecule has 7 heteroatoms. The highest BCUT2D eigenvalue weighted by Gasteiger charge is 2.21. The maximum absolute atomic E-state index is 11.5. The van der Waals surface area contributed by atoms with E-state index < -0.39 is 5.91 Å². The summed E-state index contributed by atoms with van der Waals surface area (Å²) in [5, 5.41) is 16.0. The first-order valence-electron chi connectivity index (χ1n) is 8.10. The minimum absolute atomic E-state index is 0.0486. The van der Waals surface area contributed by atoms with Gasteiger partial charge in [-0.1, -0.05) is 20.8 Å². The molecule has 5 N–H and O–H groups in total. The fraction of sp³-hybridized carbons (Fsp3) is 0.688. The van der Waals surface area contributed by atoms with Crippen LogP contribution in [0.3, 0.4) is 0 Å². The molecule has 128 valence electrons. The van der Waals surface area contributed by atoms with Crippen LogP contribution in [-0.2, 0) is 0 Å². The van der Waals surface area contributed by atoms with Crippen LogP contribution in [0.25, 0.3) is 0 Å². The van der Waals surface area contributed by atoms with E-state index in [2.05, 4.69) is 41.4 Å². The molecule has 1 heterocycles. The maximum Gasteiger partial charge on any atom is 0.254 e. The predicted octanol–water partition coefficient (Wildman–Crippen LogP) is 1.75. The number of nitrogens with one attached hydrogen (secondary N) is 2. The Kier molecular flexibility index (Phi) is 5.41. The maximum atomic E-state index is 11.5. The average Bonchev–Trinajstić information content (AvgIpc) is 2.47. The summed E-state index contributed by atoms with van der Waals surface area (Å²) in [5.41, 5.74) is 5.74. The van der Waals surface area contributed by atoms with Gasteiger partial charge in [-0.15, -0.1) is 0 Å². The Morgan fingerprint density at radius 2 is 2.00 bits per heavy atom. The molecule has 0 saturated heterocycles. The minimum Gasteiger partial charge on any atom is -0.393 e. The Morgan fingerprint density at radius 1 is 1.35 bits per heavy atom. The van der Waals surface area contributed by atoms with Crippen LogP contribution in [0.15, 0.2) is 6.20 Å². The number of aromatic nitrogens is 2. The molecule has 0 bridgehead atoms. The zero-order valence-corrected chi connectivity index (χ0v) is 14.1. The molecule has 0 spiro atoms. The second-order valence-corrected chi connectivity index (χ2v) is 7.38. The Morgan fingerprint density at radius 3 is 2.57 bits per heavy atom. The molecule has 1 amide bonds. The number of anilines is 2. The molecule has 7 nitrogen and oxygen atoms in total. The highest BCUT2D eigenvalue weighted by Crippen LogP contribution is 2.22. The number of carbonyl (C=O) groups is 1. The topological polar surface area (TPSA) is 113 Å². The summed E-state index contributed by atoms with van der Waals surface area (Å²) in [4.78, 5) is 20.1. The van der Waals surface area contributed by atoms with E-state index in [1.165, 1.54) is 6.20 Å². The molecule has 0 unspecified atom stereocenters. The molecule has 2 rings (SSSR count). The first-order valence-corrected chi connectivity index (χ1v) is 8.10. The highest BCUT2D eigenvalue weighted by molar-refractivity contribution is 5.97. The monoisotopic (exact) mass is 321 g/mol. The number of nitrogens with zero attached hydrogens (tertiary/aromatic N) is 2. The van der Waals surface area contributed by atoms with Crippen molar-refractivity contribution >= 4 is 17.7 Å². The van der Waals surface area contributed by atoms with Crippen LogP contribution in [0.5, 0.6) is 0 Å². The standard InChI is InChI=1S/C16H27N5O2/c1-16(2,3)9-19-14-12(13(17)23)8-18-15(21-14)20-10-4-6-11(22)7-5-10/h8,10-11,22H,4-7,9H2,1-3H3,(H2,17,23)(H2,18,19,20,21). The summed E-state index contributed by atoms with van der Waals surface area (Å²) < 4.78 is 0. The van der Waals surface area contributed by atoms with E-state index in [1.807, 2.05) is 0 Å². The van der Waals surface area contributed by atoms with Gasteiger partial charge in [0, 0.05) is 18.8 Å². The van der Waals surface area contributed by atoms with Crippen molar-refractivity contribution in [3.05, 3.63) is 11.8 Å². The Balaban J connectivity index is 2.10. The largest absolute Gasteiger partial charge is 0.393 e. The fourth-order valence-electron chi connectivity index (χ4n) is 2.52. The molecule has 1 aliphatic carbocycles. The number of rotatable bonds is 5. The first-order chi connectivity index (χ1) is 10.7. The molecule has 1 saturated carbocycles. The lowest BCUT2D eigenvalue weighted by Crippen LogP contribution is -2.29. The molecule has 23 heavy (non-hydrogen) atoms. The van der Waals surface area contributed by atoms with Gasteiger partial charge in [0.15, 0.2) is 0 Å². The Bertz CT molecular complexity index is 548. The van der Waals surface area contributed by atoms with Gasteiger partial charge in [0.1, 0.15) is 5.82 Å².